The highest BCUT2D eigenvalue weighted by molar-refractivity contribution is 7.92. The van der Waals surface area contributed by atoms with Crippen molar-refractivity contribution < 1.29 is 13.2 Å². The number of carbonyl (C=O) groups excluding carboxylic acids is 1. The molecule has 33 heavy (non-hydrogen) atoms. The maximum atomic E-state index is 13.5. The highest BCUT2D eigenvalue weighted by Gasteiger charge is 2.27. The summed E-state index contributed by atoms with van der Waals surface area (Å²) in [5, 5.41) is 2.90. The summed E-state index contributed by atoms with van der Waals surface area (Å²) >= 11 is 0. The van der Waals surface area contributed by atoms with Crippen LogP contribution in [0.25, 0.3) is 11.1 Å². The molecular weight excluding hydrogens is 432 g/mol. The fourth-order valence-electron chi connectivity index (χ4n) is 3.60. The number of anilines is 2. The second-order valence-corrected chi connectivity index (χ2v) is 9.49. The molecule has 1 amide bonds. The van der Waals surface area contributed by atoms with E-state index < -0.39 is 15.9 Å². The number of benzene rings is 4. The van der Waals surface area contributed by atoms with E-state index in [4.69, 9.17) is 0 Å². The number of hydrogen-bond acceptors (Lipinski definition) is 3. The van der Waals surface area contributed by atoms with Crippen molar-refractivity contribution in [2.75, 3.05) is 16.2 Å². The van der Waals surface area contributed by atoms with Gasteiger partial charge in [-0.3, -0.25) is 9.10 Å². The second kappa shape index (κ2) is 9.71. The van der Waals surface area contributed by atoms with E-state index in [1.54, 1.807) is 36.4 Å². The molecule has 0 radical (unpaired) electrons. The normalized spacial score (nSPS) is 11.1. The topological polar surface area (TPSA) is 66.5 Å². The molecule has 6 heteroatoms. The van der Waals surface area contributed by atoms with Crippen molar-refractivity contribution in [3.63, 3.8) is 0 Å². The minimum atomic E-state index is -3.95. The molecule has 0 aliphatic heterocycles. The highest BCUT2D eigenvalue weighted by Crippen LogP contribution is 2.28. The van der Waals surface area contributed by atoms with E-state index >= 15 is 0 Å². The molecule has 4 rings (SSSR count). The van der Waals surface area contributed by atoms with Crippen LogP contribution in [-0.2, 0) is 14.8 Å². The number of amides is 1. The van der Waals surface area contributed by atoms with Gasteiger partial charge in [-0.05, 0) is 48.4 Å². The van der Waals surface area contributed by atoms with Gasteiger partial charge in [-0.15, -0.1) is 0 Å². The molecule has 1 N–H and O–H groups in total. The predicted octanol–water partition coefficient (Wildman–Crippen LogP) is 5.50. The van der Waals surface area contributed by atoms with E-state index in [1.807, 2.05) is 67.6 Å². The molecule has 0 bridgehead atoms. The van der Waals surface area contributed by atoms with Crippen molar-refractivity contribution in [2.45, 2.75) is 11.8 Å². The smallest absolute Gasteiger partial charge is 0.264 e. The lowest BCUT2D eigenvalue weighted by Crippen LogP contribution is -2.38. The molecule has 0 aromatic heterocycles. The molecule has 5 nitrogen and oxygen atoms in total. The largest absolute Gasteiger partial charge is 0.324 e. The maximum Gasteiger partial charge on any atom is 0.264 e. The van der Waals surface area contributed by atoms with Crippen molar-refractivity contribution >= 4 is 27.3 Å². The third-order valence-electron chi connectivity index (χ3n) is 5.19. The zero-order valence-electron chi connectivity index (χ0n) is 18.2. The predicted molar refractivity (Wildman–Crippen MR) is 133 cm³/mol. The molecule has 166 valence electrons. The number of para-hydroxylation sites is 1. The Labute approximate surface area is 194 Å². The summed E-state index contributed by atoms with van der Waals surface area (Å²) in [5.74, 6) is -0.431. The van der Waals surface area contributed by atoms with Crippen molar-refractivity contribution in [1.29, 1.82) is 0 Å². The van der Waals surface area contributed by atoms with Gasteiger partial charge in [0.15, 0.2) is 0 Å². The van der Waals surface area contributed by atoms with Gasteiger partial charge >= 0.3 is 0 Å². The Bertz CT molecular complexity index is 1350. The molecule has 4 aromatic rings. The number of rotatable bonds is 7. The first kappa shape index (κ1) is 22.3. The first-order valence-corrected chi connectivity index (χ1v) is 12.0. The van der Waals surface area contributed by atoms with E-state index in [9.17, 15) is 13.2 Å². The summed E-state index contributed by atoms with van der Waals surface area (Å²) in [6, 6.07) is 32.4. The van der Waals surface area contributed by atoms with Crippen LogP contribution < -0.4 is 9.62 Å². The Morgan fingerprint density at radius 1 is 0.788 bits per heavy atom. The van der Waals surface area contributed by atoms with Gasteiger partial charge < -0.3 is 5.32 Å². The van der Waals surface area contributed by atoms with Gasteiger partial charge in [-0.25, -0.2) is 8.42 Å². The van der Waals surface area contributed by atoms with Crippen molar-refractivity contribution in [1.82, 2.24) is 0 Å². The molecule has 0 fully saturated rings. The summed E-state index contributed by atoms with van der Waals surface area (Å²) in [4.78, 5) is 13.3. The molecule has 0 atom stereocenters. The number of sulfonamides is 1. The van der Waals surface area contributed by atoms with Crippen LogP contribution in [0.15, 0.2) is 114 Å². The van der Waals surface area contributed by atoms with Gasteiger partial charge in [-0.2, -0.15) is 0 Å². The first-order chi connectivity index (χ1) is 15.9. The standard InChI is InChI=1S/C27H24N2O3S/c1-21-11-10-14-23(19-21)29(33(31,32)24-15-6-3-7-16-24)20-27(30)28-26-18-9-8-17-25(26)22-12-4-2-5-13-22/h2-19H,20H2,1H3,(H,28,30). The lowest BCUT2D eigenvalue weighted by molar-refractivity contribution is -0.114. The monoisotopic (exact) mass is 456 g/mol. The summed E-state index contributed by atoms with van der Waals surface area (Å²) in [7, 11) is -3.95. The Morgan fingerprint density at radius 2 is 1.42 bits per heavy atom. The molecule has 0 saturated heterocycles. The molecule has 0 aliphatic rings. The molecule has 0 unspecified atom stereocenters. The van der Waals surface area contributed by atoms with Crippen molar-refractivity contribution in [2.24, 2.45) is 0 Å². The Kier molecular flexibility index (Phi) is 6.56. The SMILES string of the molecule is Cc1cccc(N(CC(=O)Nc2ccccc2-c2ccccc2)S(=O)(=O)c2ccccc2)c1. The van der Waals surface area contributed by atoms with Gasteiger partial charge in [0.2, 0.25) is 5.91 Å². The third kappa shape index (κ3) is 5.13. The van der Waals surface area contributed by atoms with Crippen LogP contribution in [0, 0.1) is 6.92 Å². The zero-order valence-corrected chi connectivity index (χ0v) is 19.0. The van der Waals surface area contributed by atoms with Gasteiger partial charge in [0.25, 0.3) is 10.0 Å². The lowest BCUT2D eigenvalue weighted by Gasteiger charge is -2.24. The zero-order chi connectivity index (χ0) is 23.3. The summed E-state index contributed by atoms with van der Waals surface area (Å²) < 4.78 is 28.1. The van der Waals surface area contributed by atoms with Crippen molar-refractivity contribution in [3.8, 4) is 11.1 Å². The number of aryl methyl sites for hydroxylation is 1. The summed E-state index contributed by atoms with van der Waals surface area (Å²) in [6.07, 6.45) is 0. The van der Waals surface area contributed by atoms with Gasteiger partial charge in [0.05, 0.1) is 10.6 Å². The highest BCUT2D eigenvalue weighted by atomic mass is 32.2. The Hall–Kier alpha value is -3.90. The average molecular weight is 457 g/mol. The number of nitrogens with zero attached hydrogens (tertiary/aromatic N) is 1. The summed E-state index contributed by atoms with van der Waals surface area (Å²) in [6.45, 7) is 1.52. The van der Waals surface area contributed by atoms with Gasteiger partial charge in [0, 0.05) is 11.3 Å². The molecule has 0 spiro atoms. The van der Waals surface area contributed by atoms with Crippen molar-refractivity contribution in [3.05, 3.63) is 115 Å². The number of hydrogen-bond donors (Lipinski definition) is 1. The molecule has 0 aliphatic carbocycles. The van der Waals surface area contributed by atoms with Gasteiger partial charge in [-0.1, -0.05) is 78.9 Å². The van der Waals surface area contributed by atoms with Crippen LogP contribution in [0.4, 0.5) is 11.4 Å². The average Bonchev–Trinajstić information content (AvgIpc) is 2.84. The van der Waals surface area contributed by atoms with Gasteiger partial charge in [0.1, 0.15) is 6.54 Å². The molecule has 0 saturated carbocycles. The van der Waals surface area contributed by atoms with E-state index in [0.717, 1.165) is 21.0 Å². The number of nitrogens with one attached hydrogen (secondary N) is 1. The lowest BCUT2D eigenvalue weighted by atomic mass is 10.0. The van der Waals surface area contributed by atoms with Crippen LogP contribution >= 0.6 is 0 Å². The molecule has 4 aromatic carbocycles. The number of carbonyl (C=O) groups is 1. The quantitative estimate of drug-likeness (QED) is 0.400. The Morgan fingerprint density at radius 3 is 2.12 bits per heavy atom. The first-order valence-electron chi connectivity index (χ1n) is 10.5. The fraction of sp³-hybridized carbons (Fsp3) is 0.0741. The van der Waals surface area contributed by atoms with Crippen LogP contribution in [0.2, 0.25) is 0 Å². The van der Waals surface area contributed by atoms with Crippen LogP contribution in [0.5, 0.6) is 0 Å². The third-order valence-corrected chi connectivity index (χ3v) is 6.98. The van der Waals surface area contributed by atoms with E-state index in [-0.39, 0.29) is 11.4 Å². The van der Waals surface area contributed by atoms with E-state index in [1.165, 1.54) is 12.1 Å². The second-order valence-electron chi connectivity index (χ2n) is 7.62. The minimum Gasteiger partial charge on any atom is -0.324 e. The molecule has 0 heterocycles. The Balaban J connectivity index is 1.66. The van der Waals surface area contributed by atoms with Crippen LogP contribution in [0.1, 0.15) is 5.56 Å². The summed E-state index contributed by atoms with van der Waals surface area (Å²) in [5.41, 5.74) is 3.77. The van der Waals surface area contributed by atoms with E-state index in [0.29, 0.717) is 11.4 Å². The molecular formula is C27H24N2O3S. The fourth-order valence-corrected chi connectivity index (χ4v) is 5.03. The van der Waals surface area contributed by atoms with E-state index in [2.05, 4.69) is 5.32 Å². The maximum absolute atomic E-state index is 13.5. The van der Waals surface area contributed by atoms with Crippen LogP contribution in [0.3, 0.4) is 0 Å². The minimum absolute atomic E-state index is 0.129. The van der Waals surface area contributed by atoms with Crippen LogP contribution in [-0.4, -0.2) is 20.9 Å².